The molecule has 2 aliphatic heterocycles. The molecule has 0 saturated carbocycles. The van der Waals surface area contributed by atoms with Gasteiger partial charge in [-0.2, -0.15) is 22.1 Å². The minimum absolute atomic E-state index is 0.118. The van der Waals surface area contributed by atoms with Crippen LogP contribution >= 0.6 is 0 Å². The maximum absolute atomic E-state index is 13.0. The second-order valence-electron chi connectivity index (χ2n) is 7.51. The first-order valence-electron chi connectivity index (χ1n) is 10.3. The SMILES string of the molecule is Cn1ncc2ncc(C(=O)N3CCCN(S(=O)(=O)N4CCCCC4)CC3)cc21.O=CO. The van der Waals surface area contributed by atoms with E-state index in [1.165, 1.54) is 4.31 Å². The number of pyridine rings is 1. The number of fused-ring (bicyclic) bond motifs is 1. The summed E-state index contributed by atoms with van der Waals surface area (Å²) in [5.41, 5.74) is 2.05. The van der Waals surface area contributed by atoms with Crippen LogP contribution in [0, 0.1) is 0 Å². The molecule has 1 amide bonds. The number of piperidine rings is 1. The summed E-state index contributed by atoms with van der Waals surface area (Å²) in [6, 6.07) is 1.80. The predicted octanol–water partition coefficient (Wildman–Crippen LogP) is 0.548. The molecule has 170 valence electrons. The van der Waals surface area contributed by atoms with E-state index in [4.69, 9.17) is 9.90 Å². The predicted molar refractivity (Wildman–Crippen MR) is 114 cm³/mol. The number of hydrogen-bond donors (Lipinski definition) is 1. The number of carbonyl (C=O) groups is 2. The zero-order valence-electron chi connectivity index (χ0n) is 17.6. The van der Waals surface area contributed by atoms with E-state index in [0.29, 0.717) is 51.3 Å². The summed E-state index contributed by atoms with van der Waals surface area (Å²) in [5, 5.41) is 11.0. The van der Waals surface area contributed by atoms with Gasteiger partial charge in [-0.15, -0.1) is 0 Å². The molecule has 4 heterocycles. The van der Waals surface area contributed by atoms with Crippen molar-refractivity contribution in [2.24, 2.45) is 7.05 Å². The maximum Gasteiger partial charge on any atom is 0.290 e. The molecule has 0 spiro atoms. The van der Waals surface area contributed by atoms with Crippen LogP contribution in [0.25, 0.3) is 11.0 Å². The standard InChI is InChI=1S/C18H26N6O3S.CH2O2/c1-21-17-12-15(13-19-16(17)14-20-21)18(25)22-6-5-9-24(11-10-22)28(26,27)23-7-3-2-4-8-23;2-1-3/h12-14H,2-11H2,1H3;1H,(H,2,3). The number of aromatic nitrogens is 3. The fourth-order valence-corrected chi connectivity index (χ4v) is 5.63. The molecule has 0 radical (unpaired) electrons. The molecule has 0 unspecified atom stereocenters. The molecule has 0 aromatic carbocycles. The lowest BCUT2D eigenvalue weighted by Gasteiger charge is -2.31. The van der Waals surface area contributed by atoms with E-state index in [1.807, 2.05) is 7.05 Å². The number of nitrogens with zero attached hydrogens (tertiary/aromatic N) is 6. The van der Waals surface area contributed by atoms with Crippen LogP contribution in [0.3, 0.4) is 0 Å². The van der Waals surface area contributed by atoms with Crippen LogP contribution in [-0.4, -0.2) is 93.4 Å². The number of carboxylic acid groups (broad SMARTS) is 1. The van der Waals surface area contributed by atoms with Crippen molar-refractivity contribution in [2.75, 3.05) is 39.3 Å². The Labute approximate surface area is 181 Å². The largest absolute Gasteiger partial charge is 0.483 e. The van der Waals surface area contributed by atoms with E-state index in [9.17, 15) is 13.2 Å². The van der Waals surface area contributed by atoms with Crippen LogP contribution in [-0.2, 0) is 22.1 Å². The van der Waals surface area contributed by atoms with Crippen molar-refractivity contribution in [2.45, 2.75) is 25.7 Å². The Morgan fingerprint density at radius 1 is 1.00 bits per heavy atom. The van der Waals surface area contributed by atoms with Crippen molar-refractivity contribution in [3.63, 3.8) is 0 Å². The van der Waals surface area contributed by atoms with Crippen molar-refractivity contribution in [3.8, 4) is 0 Å². The second kappa shape index (κ2) is 10.2. The first-order valence-corrected chi connectivity index (χ1v) is 11.7. The van der Waals surface area contributed by atoms with Gasteiger partial charge >= 0.3 is 0 Å². The summed E-state index contributed by atoms with van der Waals surface area (Å²) in [7, 11) is -1.63. The van der Waals surface area contributed by atoms with Gasteiger partial charge in [-0.3, -0.25) is 19.3 Å². The lowest BCUT2D eigenvalue weighted by molar-refractivity contribution is -0.122. The quantitative estimate of drug-likeness (QED) is 0.673. The lowest BCUT2D eigenvalue weighted by atomic mass is 10.2. The van der Waals surface area contributed by atoms with Crippen molar-refractivity contribution in [1.29, 1.82) is 0 Å². The highest BCUT2D eigenvalue weighted by molar-refractivity contribution is 7.86. The number of carbonyl (C=O) groups excluding carboxylic acids is 1. The molecule has 0 atom stereocenters. The summed E-state index contributed by atoms with van der Waals surface area (Å²) in [6.07, 6.45) is 6.78. The van der Waals surface area contributed by atoms with E-state index in [0.717, 1.165) is 30.3 Å². The molecule has 2 aliphatic rings. The van der Waals surface area contributed by atoms with E-state index in [1.54, 1.807) is 32.3 Å². The summed E-state index contributed by atoms with van der Waals surface area (Å²) < 4.78 is 30.7. The summed E-state index contributed by atoms with van der Waals surface area (Å²) in [5.74, 6) is -0.118. The molecule has 31 heavy (non-hydrogen) atoms. The molecule has 2 saturated heterocycles. The normalized spacial score (nSPS) is 18.8. The van der Waals surface area contributed by atoms with Gasteiger partial charge in [-0.05, 0) is 25.3 Å². The molecule has 1 N–H and O–H groups in total. The smallest absolute Gasteiger partial charge is 0.290 e. The Morgan fingerprint density at radius 3 is 2.35 bits per heavy atom. The summed E-state index contributed by atoms with van der Waals surface area (Å²) in [6.45, 7) is 2.63. The van der Waals surface area contributed by atoms with Gasteiger partial charge in [0.15, 0.2) is 0 Å². The molecular formula is C19H28N6O5S. The topological polar surface area (TPSA) is 129 Å². The third-order valence-corrected chi connectivity index (χ3v) is 7.59. The van der Waals surface area contributed by atoms with Gasteiger partial charge < -0.3 is 10.0 Å². The van der Waals surface area contributed by atoms with E-state index >= 15 is 0 Å². The Bertz CT molecular complexity index is 1020. The average Bonchev–Trinajstić information content (AvgIpc) is 2.98. The van der Waals surface area contributed by atoms with Crippen LogP contribution in [0.5, 0.6) is 0 Å². The fraction of sp³-hybridized carbons (Fsp3) is 0.579. The molecule has 2 aromatic heterocycles. The van der Waals surface area contributed by atoms with Gasteiger partial charge in [-0.1, -0.05) is 6.42 Å². The van der Waals surface area contributed by atoms with Crippen LogP contribution in [0.4, 0.5) is 0 Å². The maximum atomic E-state index is 13.0. The Balaban J connectivity index is 0.000000858. The Hall–Kier alpha value is -2.57. The van der Waals surface area contributed by atoms with Crippen molar-refractivity contribution in [3.05, 3.63) is 24.0 Å². The zero-order valence-corrected chi connectivity index (χ0v) is 18.4. The van der Waals surface area contributed by atoms with Crippen molar-refractivity contribution >= 4 is 33.6 Å². The van der Waals surface area contributed by atoms with Crippen molar-refractivity contribution < 1.29 is 23.1 Å². The molecular weight excluding hydrogens is 424 g/mol. The summed E-state index contributed by atoms with van der Waals surface area (Å²) in [4.78, 5) is 27.4. The molecule has 11 nitrogen and oxygen atoms in total. The molecule has 2 fully saturated rings. The number of hydrogen-bond acceptors (Lipinski definition) is 6. The first-order chi connectivity index (χ1) is 14.9. The Morgan fingerprint density at radius 2 is 1.65 bits per heavy atom. The van der Waals surface area contributed by atoms with Gasteiger partial charge in [0.1, 0.15) is 5.52 Å². The van der Waals surface area contributed by atoms with Gasteiger partial charge in [0.25, 0.3) is 22.6 Å². The minimum atomic E-state index is -3.44. The number of rotatable bonds is 3. The van der Waals surface area contributed by atoms with E-state index < -0.39 is 10.2 Å². The summed E-state index contributed by atoms with van der Waals surface area (Å²) >= 11 is 0. The molecule has 0 aliphatic carbocycles. The first kappa shape index (κ1) is 23.1. The lowest BCUT2D eigenvalue weighted by Crippen LogP contribution is -2.47. The second-order valence-corrected chi connectivity index (χ2v) is 9.44. The average molecular weight is 453 g/mol. The number of aryl methyl sites for hydroxylation is 1. The van der Waals surface area contributed by atoms with E-state index in [2.05, 4.69) is 10.1 Å². The van der Waals surface area contributed by atoms with Crippen LogP contribution in [0.15, 0.2) is 18.5 Å². The minimum Gasteiger partial charge on any atom is -0.483 e. The van der Waals surface area contributed by atoms with E-state index in [-0.39, 0.29) is 12.4 Å². The van der Waals surface area contributed by atoms with Crippen molar-refractivity contribution in [1.82, 2.24) is 28.3 Å². The Kier molecular flexibility index (Phi) is 7.57. The zero-order chi connectivity index (χ0) is 22.4. The highest BCUT2D eigenvalue weighted by Gasteiger charge is 2.32. The van der Waals surface area contributed by atoms with Crippen LogP contribution in [0.2, 0.25) is 0 Å². The molecule has 2 aromatic rings. The molecule has 12 heteroatoms. The third kappa shape index (κ3) is 5.20. The van der Waals surface area contributed by atoms with Gasteiger partial charge in [0.2, 0.25) is 0 Å². The third-order valence-electron chi connectivity index (χ3n) is 5.56. The highest BCUT2D eigenvalue weighted by atomic mass is 32.2. The van der Waals surface area contributed by atoms with Gasteiger partial charge in [0.05, 0.1) is 17.3 Å². The molecule has 0 bridgehead atoms. The highest BCUT2D eigenvalue weighted by Crippen LogP contribution is 2.19. The fourth-order valence-electron chi connectivity index (χ4n) is 3.91. The molecule has 4 rings (SSSR count). The van der Waals surface area contributed by atoms with Crippen LogP contribution in [0.1, 0.15) is 36.0 Å². The number of amides is 1. The monoisotopic (exact) mass is 452 g/mol. The van der Waals surface area contributed by atoms with Gasteiger partial charge in [0, 0.05) is 52.5 Å². The van der Waals surface area contributed by atoms with Crippen LogP contribution < -0.4 is 0 Å². The van der Waals surface area contributed by atoms with Gasteiger partial charge in [-0.25, -0.2) is 0 Å².